The molecule has 32 heavy (non-hydrogen) atoms. The Hall–Kier alpha value is -4.33. The van der Waals surface area contributed by atoms with E-state index < -0.39 is 0 Å². The molecule has 3 heterocycles. The van der Waals surface area contributed by atoms with Crippen molar-refractivity contribution >= 4 is 22.4 Å². The first-order chi connectivity index (χ1) is 15.7. The van der Waals surface area contributed by atoms with Crippen molar-refractivity contribution in [3.05, 3.63) is 90.6 Å². The van der Waals surface area contributed by atoms with Gasteiger partial charge in [-0.1, -0.05) is 36.4 Å². The van der Waals surface area contributed by atoms with Gasteiger partial charge in [-0.2, -0.15) is 5.10 Å². The number of anilines is 2. The summed E-state index contributed by atoms with van der Waals surface area (Å²) in [5.74, 6) is 1.18. The first kappa shape index (κ1) is 19.6. The molecule has 1 N–H and O–H groups in total. The number of pyridine rings is 1. The fourth-order valence-corrected chi connectivity index (χ4v) is 3.50. The Morgan fingerprint density at radius 2 is 1.78 bits per heavy atom. The van der Waals surface area contributed by atoms with E-state index in [0.717, 1.165) is 16.6 Å². The molecule has 0 unspecified atom stereocenters. The normalized spacial score (nSPS) is 10.9. The van der Waals surface area contributed by atoms with Crippen LogP contribution in [-0.2, 0) is 6.54 Å². The Kier molecular flexibility index (Phi) is 5.17. The van der Waals surface area contributed by atoms with E-state index in [1.165, 1.54) is 6.07 Å². The molecule has 0 saturated carbocycles. The van der Waals surface area contributed by atoms with E-state index in [1.807, 2.05) is 42.5 Å². The number of halogens is 1. The summed E-state index contributed by atoms with van der Waals surface area (Å²) in [6.45, 7) is 0.297. The number of fused-ring (bicyclic) bond motifs is 1. The van der Waals surface area contributed by atoms with Crippen LogP contribution in [0.5, 0.6) is 5.75 Å². The predicted molar refractivity (Wildman–Crippen MR) is 120 cm³/mol. The molecule has 0 saturated heterocycles. The Bertz CT molecular complexity index is 1390. The van der Waals surface area contributed by atoms with Gasteiger partial charge in [0.2, 0.25) is 0 Å². The maximum absolute atomic E-state index is 14.3. The third-order valence-corrected chi connectivity index (χ3v) is 5.07. The lowest BCUT2D eigenvalue weighted by atomic mass is 10.2. The Morgan fingerprint density at radius 1 is 1.00 bits per heavy atom. The van der Waals surface area contributed by atoms with Crippen LogP contribution in [-0.4, -0.2) is 31.8 Å². The van der Waals surface area contributed by atoms with Gasteiger partial charge >= 0.3 is 0 Å². The van der Waals surface area contributed by atoms with Crippen LogP contribution in [0.15, 0.2) is 79.3 Å². The molecule has 7 nitrogen and oxygen atoms in total. The molecule has 0 atom stereocenters. The fraction of sp³-hybridized carbons (Fsp3) is 0.0833. The number of nitrogens with zero attached hydrogens (tertiary/aromatic N) is 5. The van der Waals surface area contributed by atoms with E-state index >= 15 is 0 Å². The summed E-state index contributed by atoms with van der Waals surface area (Å²) >= 11 is 0. The number of para-hydroxylation sites is 1. The van der Waals surface area contributed by atoms with Crippen molar-refractivity contribution in [3.8, 4) is 17.3 Å². The Balaban J connectivity index is 1.59. The molecule has 0 aliphatic heterocycles. The summed E-state index contributed by atoms with van der Waals surface area (Å²) in [6.07, 6.45) is 4.99. The Morgan fingerprint density at radius 3 is 2.59 bits per heavy atom. The molecule has 0 aliphatic rings. The first-order valence-corrected chi connectivity index (χ1v) is 10.0. The number of hydrogen-bond acceptors (Lipinski definition) is 6. The summed E-state index contributed by atoms with van der Waals surface area (Å²) in [4.78, 5) is 13.2. The zero-order chi connectivity index (χ0) is 21.9. The van der Waals surface area contributed by atoms with E-state index in [9.17, 15) is 4.39 Å². The van der Waals surface area contributed by atoms with Crippen LogP contribution in [0.1, 0.15) is 5.56 Å². The minimum atomic E-state index is -0.266. The lowest BCUT2D eigenvalue weighted by molar-refractivity contribution is 0.413. The van der Waals surface area contributed by atoms with Gasteiger partial charge in [0.05, 0.1) is 25.4 Å². The van der Waals surface area contributed by atoms with Gasteiger partial charge in [0.15, 0.2) is 17.4 Å². The van der Waals surface area contributed by atoms with Crippen LogP contribution in [0, 0.1) is 5.82 Å². The third-order valence-electron chi connectivity index (χ3n) is 5.07. The van der Waals surface area contributed by atoms with Gasteiger partial charge in [0.1, 0.15) is 11.5 Å². The average molecular weight is 426 g/mol. The van der Waals surface area contributed by atoms with Crippen LogP contribution in [0.3, 0.4) is 0 Å². The van der Waals surface area contributed by atoms with Crippen LogP contribution in [0.4, 0.5) is 15.9 Å². The highest BCUT2D eigenvalue weighted by molar-refractivity contribution is 5.92. The quantitative estimate of drug-likeness (QED) is 0.419. The van der Waals surface area contributed by atoms with Crippen molar-refractivity contribution in [1.82, 2.24) is 24.7 Å². The van der Waals surface area contributed by atoms with Gasteiger partial charge in [-0.05, 0) is 24.3 Å². The third kappa shape index (κ3) is 3.74. The van der Waals surface area contributed by atoms with E-state index in [4.69, 9.17) is 9.84 Å². The molecule has 0 aliphatic carbocycles. The maximum atomic E-state index is 14.3. The zero-order valence-corrected chi connectivity index (χ0v) is 17.2. The molecule has 0 amide bonds. The standard InChI is InChI=1S/C24H19FN6O/c1-32-21-14-27-24(29-23(21)28-17-10-12-26-13-11-17)22-18-7-3-5-9-20(18)31(30-22)15-16-6-2-4-8-19(16)25/h2-14H,15H2,1H3,(H,26,27,28,29). The summed E-state index contributed by atoms with van der Waals surface area (Å²) in [5, 5.41) is 8.86. The summed E-state index contributed by atoms with van der Waals surface area (Å²) in [5.41, 5.74) is 2.85. The molecular weight excluding hydrogens is 407 g/mol. The van der Waals surface area contributed by atoms with Gasteiger partial charge < -0.3 is 10.1 Å². The predicted octanol–water partition coefficient (Wildman–Crippen LogP) is 4.83. The molecule has 2 aromatic carbocycles. The summed E-state index contributed by atoms with van der Waals surface area (Å²) in [6, 6.07) is 18.1. The smallest absolute Gasteiger partial charge is 0.183 e. The Labute approximate surface area is 183 Å². The molecular formula is C24H19FN6O. The lowest BCUT2D eigenvalue weighted by Crippen LogP contribution is -2.04. The highest BCUT2D eigenvalue weighted by Gasteiger charge is 2.17. The number of hydrogen-bond donors (Lipinski definition) is 1. The van der Waals surface area contributed by atoms with Crippen LogP contribution in [0.25, 0.3) is 22.4 Å². The van der Waals surface area contributed by atoms with E-state index in [0.29, 0.717) is 35.2 Å². The molecule has 0 radical (unpaired) electrons. The molecule has 0 fully saturated rings. The molecule has 8 heteroatoms. The number of ether oxygens (including phenoxy) is 1. The summed E-state index contributed by atoms with van der Waals surface area (Å²) < 4.78 is 21.4. The minimum absolute atomic E-state index is 0.266. The number of aromatic nitrogens is 5. The first-order valence-electron chi connectivity index (χ1n) is 10.0. The summed E-state index contributed by atoms with van der Waals surface area (Å²) in [7, 11) is 1.56. The number of nitrogens with one attached hydrogen (secondary N) is 1. The van der Waals surface area contributed by atoms with Crippen molar-refractivity contribution < 1.29 is 9.13 Å². The second kappa shape index (κ2) is 8.43. The fourth-order valence-electron chi connectivity index (χ4n) is 3.50. The molecule has 5 aromatic rings. The van der Waals surface area contributed by atoms with Crippen LogP contribution in [0.2, 0.25) is 0 Å². The molecule has 158 valence electrons. The van der Waals surface area contributed by atoms with Crippen LogP contribution >= 0.6 is 0 Å². The maximum Gasteiger partial charge on any atom is 0.183 e. The van der Waals surface area contributed by atoms with Gasteiger partial charge in [-0.3, -0.25) is 9.67 Å². The average Bonchev–Trinajstić information content (AvgIpc) is 3.20. The lowest BCUT2D eigenvalue weighted by Gasteiger charge is -2.10. The van der Waals surface area contributed by atoms with Gasteiger partial charge in [-0.15, -0.1) is 0 Å². The van der Waals surface area contributed by atoms with E-state index in [1.54, 1.807) is 42.5 Å². The molecule has 5 rings (SSSR count). The molecule has 3 aromatic heterocycles. The van der Waals surface area contributed by atoms with E-state index in [-0.39, 0.29) is 5.82 Å². The monoisotopic (exact) mass is 426 g/mol. The highest BCUT2D eigenvalue weighted by Crippen LogP contribution is 2.31. The zero-order valence-electron chi connectivity index (χ0n) is 17.2. The topological polar surface area (TPSA) is 77.8 Å². The largest absolute Gasteiger partial charge is 0.491 e. The second-order valence-corrected chi connectivity index (χ2v) is 7.09. The van der Waals surface area contributed by atoms with Crippen molar-refractivity contribution in [2.24, 2.45) is 0 Å². The highest BCUT2D eigenvalue weighted by atomic mass is 19.1. The van der Waals surface area contributed by atoms with Crippen molar-refractivity contribution in [2.75, 3.05) is 12.4 Å². The van der Waals surface area contributed by atoms with E-state index in [2.05, 4.69) is 20.3 Å². The number of rotatable bonds is 6. The molecule has 0 bridgehead atoms. The van der Waals surface area contributed by atoms with Gasteiger partial charge in [-0.25, -0.2) is 14.4 Å². The van der Waals surface area contributed by atoms with Gasteiger partial charge in [0.25, 0.3) is 0 Å². The number of benzene rings is 2. The SMILES string of the molecule is COc1cnc(-c2nn(Cc3ccccc3F)c3ccccc23)nc1Nc1ccncc1. The van der Waals surface area contributed by atoms with Crippen molar-refractivity contribution in [3.63, 3.8) is 0 Å². The minimum Gasteiger partial charge on any atom is -0.491 e. The second-order valence-electron chi connectivity index (χ2n) is 7.09. The molecule has 0 spiro atoms. The van der Waals surface area contributed by atoms with Gasteiger partial charge in [0, 0.05) is 29.0 Å². The van der Waals surface area contributed by atoms with Crippen molar-refractivity contribution in [2.45, 2.75) is 6.54 Å². The number of methoxy groups -OCH3 is 1. The van der Waals surface area contributed by atoms with Crippen LogP contribution < -0.4 is 10.1 Å². The van der Waals surface area contributed by atoms with Crippen molar-refractivity contribution in [1.29, 1.82) is 0 Å².